The average molecular weight is 274 g/mol. The molecule has 0 bridgehead atoms. The fourth-order valence-corrected chi connectivity index (χ4v) is 1.63. The summed E-state index contributed by atoms with van der Waals surface area (Å²) in [4.78, 5) is 8.53. The smallest absolute Gasteiger partial charge is 0.224 e. The summed E-state index contributed by atoms with van der Waals surface area (Å²) in [5.41, 5.74) is 0.982. The maximum Gasteiger partial charge on any atom is 0.224 e. The molecular formula is C15H19FN4. The van der Waals surface area contributed by atoms with Gasteiger partial charge < -0.3 is 10.6 Å². The zero-order valence-electron chi connectivity index (χ0n) is 11.7. The molecule has 2 rings (SSSR count). The van der Waals surface area contributed by atoms with Crippen molar-refractivity contribution in [1.29, 1.82) is 0 Å². The third kappa shape index (κ3) is 4.50. The molecule has 0 amide bonds. The molecule has 1 aromatic heterocycles. The number of nitrogens with one attached hydrogen (secondary N) is 2. The number of hydrogen-bond acceptors (Lipinski definition) is 4. The van der Waals surface area contributed by atoms with Crippen LogP contribution in [0.4, 0.5) is 16.2 Å². The minimum atomic E-state index is -0.232. The summed E-state index contributed by atoms with van der Waals surface area (Å²) in [7, 11) is 0. The van der Waals surface area contributed by atoms with Gasteiger partial charge in [-0.3, -0.25) is 0 Å². The highest BCUT2D eigenvalue weighted by Gasteiger charge is 2.00. The molecule has 0 saturated heterocycles. The Bertz CT molecular complexity index is 540. The minimum absolute atomic E-state index is 0.232. The molecule has 1 heterocycles. The van der Waals surface area contributed by atoms with Crippen molar-refractivity contribution in [2.75, 3.05) is 17.2 Å². The molecule has 0 aliphatic rings. The first kappa shape index (κ1) is 14.2. The van der Waals surface area contributed by atoms with Crippen molar-refractivity contribution in [3.05, 3.63) is 47.9 Å². The SMILES string of the molecule is CC(C)CNc1ccnc(NCc2ccc(F)cc2)n1. The van der Waals surface area contributed by atoms with Crippen molar-refractivity contribution in [1.82, 2.24) is 9.97 Å². The second-order valence-electron chi connectivity index (χ2n) is 5.02. The van der Waals surface area contributed by atoms with Gasteiger partial charge in [0.15, 0.2) is 0 Å². The van der Waals surface area contributed by atoms with Crippen LogP contribution in [0.3, 0.4) is 0 Å². The molecule has 4 nitrogen and oxygen atoms in total. The molecule has 5 heteroatoms. The van der Waals surface area contributed by atoms with Crippen molar-refractivity contribution < 1.29 is 4.39 Å². The van der Waals surface area contributed by atoms with Gasteiger partial charge in [-0.05, 0) is 29.7 Å². The topological polar surface area (TPSA) is 49.8 Å². The number of halogens is 1. The van der Waals surface area contributed by atoms with E-state index in [2.05, 4.69) is 34.4 Å². The van der Waals surface area contributed by atoms with Crippen LogP contribution in [0.15, 0.2) is 36.5 Å². The predicted molar refractivity (Wildman–Crippen MR) is 79.1 cm³/mol. The van der Waals surface area contributed by atoms with Crippen LogP contribution in [0.25, 0.3) is 0 Å². The fourth-order valence-electron chi connectivity index (χ4n) is 1.63. The lowest BCUT2D eigenvalue weighted by Gasteiger charge is -2.10. The number of rotatable bonds is 6. The standard InChI is InChI=1S/C15H19FN4/c1-11(2)9-18-14-7-8-17-15(20-14)19-10-12-3-5-13(16)6-4-12/h3-8,11H,9-10H2,1-2H3,(H2,17,18,19,20). The molecule has 0 radical (unpaired) electrons. The van der Waals surface area contributed by atoms with Gasteiger partial charge in [-0.25, -0.2) is 9.37 Å². The molecule has 0 fully saturated rings. The lowest BCUT2D eigenvalue weighted by atomic mass is 10.2. The van der Waals surface area contributed by atoms with Gasteiger partial charge in [0.05, 0.1) is 0 Å². The number of hydrogen-bond donors (Lipinski definition) is 2. The van der Waals surface area contributed by atoms with Crippen LogP contribution in [0, 0.1) is 11.7 Å². The summed E-state index contributed by atoms with van der Waals surface area (Å²) in [5.74, 6) is 1.68. The van der Waals surface area contributed by atoms with Crippen molar-refractivity contribution in [3.8, 4) is 0 Å². The van der Waals surface area contributed by atoms with Gasteiger partial charge >= 0.3 is 0 Å². The van der Waals surface area contributed by atoms with Crippen LogP contribution in [0.1, 0.15) is 19.4 Å². The highest BCUT2D eigenvalue weighted by atomic mass is 19.1. The first-order valence-electron chi connectivity index (χ1n) is 6.68. The van der Waals surface area contributed by atoms with Gasteiger partial charge in [0.1, 0.15) is 11.6 Å². The summed E-state index contributed by atoms with van der Waals surface area (Å²) < 4.78 is 12.8. The number of nitrogens with zero attached hydrogens (tertiary/aromatic N) is 2. The van der Waals surface area contributed by atoms with Gasteiger partial charge in [0.25, 0.3) is 0 Å². The maximum atomic E-state index is 12.8. The van der Waals surface area contributed by atoms with E-state index in [4.69, 9.17) is 0 Å². The zero-order chi connectivity index (χ0) is 14.4. The summed E-state index contributed by atoms with van der Waals surface area (Å²) >= 11 is 0. The third-order valence-corrected chi connectivity index (χ3v) is 2.71. The van der Waals surface area contributed by atoms with Gasteiger partial charge in [-0.2, -0.15) is 4.98 Å². The first-order valence-corrected chi connectivity index (χ1v) is 6.68. The lowest BCUT2D eigenvalue weighted by Crippen LogP contribution is -2.11. The highest BCUT2D eigenvalue weighted by Crippen LogP contribution is 2.09. The van der Waals surface area contributed by atoms with E-state index in [0.717, 1.165) is 17.9 Å². The molecule has 0 aliphatic carbocycles. The number of anilines is 2. The average Bonchev–Trinajstić information content (AvgIpc) is 2.45. The second kappa shape index (κ2) is 6.84. The van der Waals surface area contributed by atoms with E-state index in [-0.39, 0.29) is 5.82 Å². The van der Waals surface area contributed by atoms with E-state index >= 15 is 0 Å². The Morgan fingerprint density at radius 1 is 1.10 bits per heavy atom. The maximum absolute atomic E-state index is 12.8. The van der Waals surface area contributed by atoms with Gasteiger partial charge in [0.2, 0.25) is 5.95 Å². The normalized spacial score (nSPS) is 10.6. The third-order valence-electron chi connectivity index (χ3n) is 2.71. The van der Waals surface area contributed by atoms with Crippen molar-refractivity contribution >= 4 is 11.8 Å². The van der Waals surface area contributed by atoms with E-state index in [1.165, 1.54) is 12.1 Å². The fraction of sp³-hybridized carbons (Fsp3) is 0.333. The van der Waals surface area contributed by atoms with E-state index in [1.807, 2.05) is 6.07 Å². The van der Waals surface area contributed by atoms with Crippen LogP contribution < -0.4 is 10.6 Å². The molecule has 106 valence electrons. The molecule has 0 spiro atoms. The Balaban J connectivity index is 1.92. The van der Waals surface area contributed by atoms with Gasteiger partial charge in [-0.15, -0.1) is 0 Å². The Morgan fingerprint density at radius 2 is 1.85 bits per heavy atom. The Labute approximate surface area is 118 Å². The second-order valence-corrected chi connectivity index (χ2v) is 5.02. The van der Waals surface area contributed by atoms with Crippen LogP contribution >= 0.6 is 0 Å². The molecule has 2 aromatic rings. The highest BCUT2D eigenvalue weighted by molar-refractivity contribution is 5.39. The predicted octanol–water partition coefficient (Wildman–Crippen LogP) is 3.30. The van der Waals surface area contributed by atoms with Crippen molar-refractivity contribution in [3.63, 3.8) is 0 Å². The largest absolute Gasteiger partial charge is 0.370 e. The Kier molecular flexibility index (Phi) is 4.87. The van der Waals surface area contributed by atoms with E-state index in [1.54, 1.807) is 18.3 Å². The summed E-state index contributed by atoms with van der Waals surface area (Å²) in [6.45, 7) is 5.71. The molecule has 0 unspecified atom stereocenters. The van der Waals surface area contributed by atoms with Gasteiger partial charge in [-0.1, -0.05) is 26.0 Å². The molecule has 20 heavy (non-hydrogen) atoms. The molecular weight excluding hydrogens is 255 g/mol. The monoisotopic (exact) mass is 274 g/mol. The first-order chi connectivity index (χ1) is 9.63. The molecule has 1 aromatic carbocycles. The summed E-state index contributed by atoms with van der Waals surface area (Å²) in [6.07, 6.45) is 1.71. The molecule has 0 saturated carbocycles. The quantitative estimate of drug-likeness (QED) is 0.848. The Morgan fingerprint density at radius 3 is 2.55 bits per heavy atom. The van der Waals surface area contributed by atoms with Gasteiger partial charge in [0, 0.05) is 19.3 Å². The lowest BCUT2D eigenvalue weighted by molar-refractivity contribution is 0.627. The van der Waals surface area contributed by atoms with Crippen LogP contribution in [-0.4, -0.2) is 16.5 Å². The molecule has 2 N–H and O–H groups in total. The minimum Gasteiger partial charge on any atom is -0.370 e. The van der Waals surface area contributed by atoms with E-state index < -0.39 is 0 Å². The number of aromatic nitrogens is 2. The van der Waals surface area contributed by atoms with Crippen LogP contribution in [0.5, 0.6) is 0 Å². The molecule has 0 atom stereocenters. The van der Waals surface area contributed by atoms with Crippen LogP contribution in [-0.2, 0) is 6.54 Å². The number of benzene rings is 1. The van der Waals surface area contributed by atoms with Crippen molar-refractivity contribution in [2.24, 2.45) is 5.92 Å². The molecule has 0 aliphatic heterocycles. The van der Waals surface area contributed by atoms with Crippen molar-refractivity contribution in [2.45, 2.75) is 20.4 Å². The Hall–Kier alpha value is -2.17. The van der Waals surface area contributed by atoms with E-state index in [0.29, 0.717) is 18.4 Å². The summed E-state index contributed by atoms with van der Waals surface area (Å²) in [5, 5.41) is 6.37. The summed E-state index contributed by atoms with van der Waals surface area (Å²) in [6, 6.07) is 8.20. The van der Waals surface area contributed by atoms with E-state index in [9.17, 15) is 4.39 Å². The van der Waals surface area contributed by atoms with Crippen LogP contribution in [0.2, 0.25) is 0 Å². The zero-order valence-corrected chi connectivity index (χ0v) is 11.7.